The number of hydrogen-bond donors (Lipinski definition) is 2. The molecule has 0 saturated carbocycles. The van der Waals surface area contributed by atoms with Crippen molar-refractivity contribution in [2.45, 2.75) is 19.3 Å². The van der Waals surface area contributed by atoms with Gasteiger partial charge in [0.15, 0.2) is 5.96 Å². The van der Waals surface area contributed by atoms with Crippen molar-refractivity contribution >= 4 is 17.6 Å². The topological polar surface area (TPSA) is 98.5 Å². The summed E-state index contributed by atoms with van der Waals surface area (Å²) in [5.41, 5.74) is 12.5. The SMILES string of the molecule is COc1cc(N=C(N)N=C(N)N2CCCCC2)cc(OC)c1. The number of piperidine rings is 1. The van der Waals surface area contributed by atoms with Gasteiger partial charge in [-0.2, -0.15) is 4.99 Å². The van der Waals surface area contributed by atoms with Gasteiger partial charge in [0.05, 0.1) is 19.9 Å². The number of methoxy groups -OCH3 is 2. The molecule has 1 heterocycles. The first kappa shape index (κ1) is 15.9. The van der Waals surface area contributed by atoms with Crippen LogP contribution in [0.25, 0.3) is 0 Å². The van der Waals surface area contributed by atoms with E-state index in [1.165, 1.54) is 6.42 Å². The summed E-state index contributed by atoms with van der Waals surface area (Å²) >= 11 is 0. The summed E-state index contributed by atoms with van der Waals surface area (Å²) in [7, 11) is 3.16. The van der Waals surface area contributed by atoms with Crippen LogP contribution in [-0.2, 0) is 0 Å². The number of rotatable bonds is 3. The van der Waals surface area contributed by atoms with E-state index in [0.29, 0.717) is 23.1 Å². The number of nitrogens with zero attached hydrogens (tertiary/aromatic N) is 3. The zero-order valence-electron chi connectivity index (χ0n) is 13.1. The maximum atomic E-state index is 5.98. The second-order valence-electron chi connectivity index (χ2n) is 5.06. The van der Waals surface area contributed by atoms with E-state index in [-0.39, 0.29) is 5.96 Å². The van der Waals surface area contributed by atoms with Crippen molar-refractivity contribution in [3.63, 3.8) is 0 Å². The average Bonchev–Trinajstić information content (AvgIpc) is 2.55. The molecule has 1 aliphatic heterocycles. The Labute approximate surface area is 130 Å². The van der Waals surface area contributed by atoms with Crippen LogP contribution in [0.3, 0.4) is 0 Å². The molecule has 0 amide bonds. The number of ether oxygens (including phenoxy) is 2. The maximum absolute atomic E-state index is 5.98. The van der Waals surface area contributed by atoms with Crippen LogP contribution in [0.1, 0.15) is 19.3 Å². The van der Waals surface area contributed by atoms with Crippen LogP contribution in [-0.4, -0.2) is 44.1 Å². The lowest BCUT2D eigenvalue weighted by Gasteiger charge is -2.27. The molecule has 0 spiro atoms. The molecule has 0 aliphatic carbocycles. The molecule has 0 aromatic heterocycles. The molecule has 0 unspecified atom stereocenters. The Morgan fingerprint density at radius 1 is 1.00 bits per heavy atom. The van der Waals surface area contributed by atoms with E-state index in [0.717, 1.165) is 25.9 Å². The Morgan fingerprint density at radius 3 is 2.14 bits per heavy atom. The molecule has 0 atom stereocenters. The van der Waals surface area contributed by atoms with E-state index in [4.69, 9.17) is 20.9 Å². The van der Waals surface area contributed by atoms with Gasteiger partial charge in [-0.25, -0.2) is 4.99 Å². The van der Waals surface area contributed by atoms with Crippen molar-refractivity contribution in [2.24, 2.45) is 21.5 Å². The fraction of sp³-hybridized carbons (Fsp3) is 0.467. The molecule has 1 aromatic carbocycles. The molecule has 0 radical (unpaired) electrons. The van der Waals surface area contributed by atoms with Crippen molar-refractivity contribution in [3.8, 4) is 11.5 Å². The van der Waals surface area contributed by atoms with Crippen LogP contribution in [0, 0.1) is 0 Å². The highest BCUT2D eigenvalue weighted by molar-refractivity contribution is 5.94. The predicted molar refractivity (Wildman–Crippen MR) is 87.9 cm³/mol. The van der Waals surface area contributed by atoms with Crippen LogP contribution in [0.5, 0.6) is 11.5 Å². The van der Waals surface area contributed by atoms with Gasteiger partial charge >= 0.3 is 0 Å². The van der Waals surface area contributed by atoms with E-state index in [2.05, 4.69) is 9.98 Å². The van der Waals surface area contributed by atoms with Gasteiger partial charge in [-0.1, -0.05) is 0 Å². The molecule has 22 heavy (non-hydrogen) atoms. The highest BCUT2D eigenvalue weighted by Crippen LogP contribution is 2.27. The van der Waals surface area contributed by atoms with Gasteiger partial charge in [0.2, 0.25) is 5.96 Å². The molecular formula is C15H23N5O2. The number of benzene rings is 1. The molecule has 1 fully saturated rings. The summed E-state index contributed by atoms with van der Waals surface area (Å²) in [4.78, 5) is 10.5. The molecule has 7 nitrogen and oxygen atoms in total. The van der Waals surface area contributed by atoms with Gasteiger partial charge < -0.3 is 25.8 Å². The zero-order valence-corrected chi connectivity index (χ0v) is 13.1. The Morgan fingerprint density at radius 2 is 1.59 bits per heavy atom. The predicted octanol–water partition coefficient (Wildman–Crippen LogP) is 1.45. The minimum absolute atomic E-state index is 0.110. The number of guanidine groups is 2. The van der Waals surface area contributed by atoms with E-state index in [1.54, 1.807) is 32.4 Å². The Bertz CT molecular complexity index is 543. The summed E-state index contributed by atoms with van der Waals surface area (Å²) in [5.74, 6) is 1.80. The van der Waals surface area contributed by atoms with Crippen molar-refractivity contribution in [1.29, 1.82) is 0 Å². The average molecular weight is 305 g/mol. The molecule has 7 heteroatoms. The fourth-order valence-electron chi connectivity index (χ4n) is 2.33. The lowest BCUT2D eigenvalue weighted by Crippen LogP contribution is -2.41. The van der Waals surface area contributed by atoms with E-state index in [1.807, 2.05) is 4.90 Å². The Kier molecular flexibility index (Phi) is 5.46. The smallest absolute Gasteiger partial charge is 0.223 e. The highest BCUT2D eigenvalue weighted by Gasteiger charge is 2.12. The van der Waals surface area contributed by atoms with Crippen LogP contribution >= 0.6 is 0 Å². The summed E-state index contributed by atoms with van der Waals surface area (Å²) in [5, 5.41) is 0. The number of likely N-dealkylation sites (tertiary alicyclic amines) is 1. The number of nitrogens with two attached hydrogens (primary N) is 2. The summed E-state index contributed by atoms with van der Waals surface area (Å²) in [6.45, 7) is 1.82. The molecular weight excluding hydrogens is 282 g/mol. The second kappa shape index (κ2) is 7.53. The van der Waals surface area contributed by atoms with Crippen LogP contribution in [0.4, 0.5) is 5.69 Å². The monoisotopic (exact) mass is 305 g/mol. The normalized spacial score (nSPS) is 16.5. The first-order valence-corrected chi connectivity index (χ1v) is 7.28. The van der Waals surface area contributed by atoms with Crippen molar-refractivity contribution in [1.82, 2.24) is 4.90 Å². The van der Waals surface area contributed by atoms with Crippen molar-refractivity contribution in [2.75, 3.05) is 27.3 Å². The maximum Gasteiger partial charge on any atom is 0.223 e. The number of aliphatic imine (C=N–C) groups is 2. The molecule has 120 valence electrons. The third-order valence-corrected chi connectivity index (χ3v) is 3.49. The minimum atomic E-state index is 0.110. The van der Waals surface area contributed by atoms with Gasteiger partial charge in [0.1, 0.15) is 11.5 Å². The minimum Gasteiger partial charge on any atom is -0.497 e. The molecule has 1 aromatic rings. The van der Waals surface area contributed by atoms with E-state index < -0.39 is 0 Å². The fourth-order valence-corrected chi connectivity index (χ4v) is 2.33. The largest absolute Gasteiger partial charge is 0.497 e. The van der Waals surface area contributed by atoms with Crippen molar-refractivity contribution in [3.05, 3.63) is 18.2 Å². The summed E-state index contributed by atoms with van der Waals surface area (Å²) < 4.78 is 10.4. The lowest BCUT2D eigenvalue weighted by atomic mass is 10.1. The van der Waals surface area contributed by atoms with Crippen molar-refractivity contribution < 1.29 is 9.47 Å². The Balaban J connectivity index is 2.17. The van der Waals surface area contributed by atoms with Crippen LogP contribution < -0.4 is 20.9 Å². The second-order valence-corrected chi connectivity index (χ2v) is 5.06. The first-order chi connectivity index (χ1) is 10.6. The van der Waals surface area contributed by atoms with Crippen LogP contribution in [0.2, 0.25) is 0 Å². The lowest BCUT2D eigenvalue weighted by molar-refractivity contribution is 0.339. The first-order valence-electron chi connectivity index (χ1n) is 7.28. The third-order valence-electron chi connectivity index (χ3n) is 3.49. The zero-order chi connectivity index (χ0) is 15.9. The third kappa shape index (κ3) is 4.28. The summed E-state index contributed by atoms with van der Waals surface area (Å²) in [6.07, 6.45) is 3.48. The van der Waals surface area contributed by atoms with Crippen LogP contribution in [0.15, 0.2) is 28.2 Å². The van der Waals surface area contributed by atoms with Gasteiger partial charge in [0.25, 0.3) is 0 Å². The molecule has 0 bridgehead atoms. The quantitative estimate of drug-likeness (QED) is 0.650. The molecule has 1 saturated heterocycles. The standard InChI is InChI=1S/C15H23N5O2/c1-21-12-8-11(9-13(10-12)22-2)18-14(16)19-15(17)20-6-4-3-5-7-20/h8-10H,3-7H2,1-2H3,(H4,16,17,18,19). The van der Waals surface area contributed by atoms with E-state index >= 15 is 0 Å². The van der Waals surface area contributed by atoms with Gasteiger partial charge in [-0.05, 0) is 19.3 Å². The van der Waals surface area contributed by atoms with E-state index in [9.17, 15) is 0 Å². The summed E-state index contributed by atoms with van der Waals surface area (Å²) in [6, 6.07) is 5.27. The van der Waals surface area contributed by atoms with Gasteiger partial charge in [-0.15, -0.1) is 0 Å². The molecule has 1 aliphatic rings. The highest BCUT2D eigenvalue weighted by atomic mass is 16.5. The van der Waals surface area contributed by atoms with Gasteiger partial charge in [-0.3, -0.25) is 0 Å². The van der Waals surface area contributed by atoms with Gasteiger partial charge in [0, 0.05) is 31.3 Å². The number of hydrogen-bond acceptors (Lipinski definition) is 3. The molecule has 2 rings (SSSR count). The Hall–Kier alpha value is -2.44. The molecule has 4 N–H and O–H groups in total.